The molecule has 0 aliphatic carbocycles. The van der Waals surface area contributed by atoms with E-state index in [1.807, 2.05) is 6.26 Å². The SMILES string of the molecule is CSc1nnc(SCc2nnc(-c3ccc([N+](=O)[O-])cc3)o2)s1. The highest BCUT2D eigenvalue weighted by atomic mass is 32.2. The first-order chi connectivity index (χ1) is 11.2. The first-order valence-electron chi connectivity index (χ1n) is 6.23. The molecule has 3 rings (SSSR count). The molecule has 11 heteroatoms. The second kappa shape index (κ2) is 7.06. The van der Waals surface area contributed by atoms with Crippen molar-refractivity contribution in [3.8, 4) is 11.5 Å². The third-order valence-electron chi connectivity index (χ3n) is 2.67. The summed E-state index contributed by atoms with van der Waals surface area (Å²) in [5.41, 5.74) is 0.657. The molecule has 118 valence electrons. The predicted molar refractivity (Wildman–Crippen MR) is 87.6 cm³/mol. The van der Waals surface area contributed by atoms with Gasteiger partial charge in [-0.3, -0.25) is 10.1 Å². The first-order valence-corrected chi connectivity index (χ1v) is 9.26. The fraction of sp³-hybridized carbons (Fsp3) is 0.167. The van der Waals surface area contributed by atoms with Crippen molar-refractivity contribution in [1.82, 2.24) is 20.4 Å². The summed E-state index contributed by atoms with van der Waals surface area (Å²) in [7, 11) is 0. The molecule has 0 saturated carbocycles. The van der Waals surface area contributed by atoms with Gasteiger partial charge in [0, 0.05) is 17.7 Å². The van der Waals surface area contributed by atoms with E-state index in [0.717, 1.165) is 8.68 Å². The Kier molecular flexibility index (Phi) is 4.88. The van der Waals surface area contributed by atoms with Crippen molar-refractivity contribution in [2.75, 3.05) is 6.26 Å². The molecule has 8 nitrogen and oxygen atoms in total. The number of hydrogen-bond acceptors (Lipinski definition) is 10. The Hall–Kier alpha value is -1.98. The van der Waals surface area contributed by atoms with Crippen LogP contribution in [-0.2, 0) is 5.75 Å². The Morgan fingerprint density at radius 1 is 1.17 bits per heavy atom. The Balaban J connectivity index is 1.66. The molecule has 0 aliphatic rings. The molecule has 0 spiro atoms. The zero-order valence-corrected chi connectivity index (χ0v) is 14.2. The molecule has 0 fully saturated rings. The topological polar surface area (TPSA) is 108 Å². The fourth-order valence-corrected chi connectivity index (χ4v) is 3.89. The number of non-ortho nitro benzene ring substituents is 1. The maximum atomic E-state index is 10.6. The van der Waals surface area contributed by atoms with Gasteiger partial charge < -0.3 is 4.42 Å². The number of nitro groups is 1. The molecular weight excluding hydrogens is 358 g/mol. The molecule has 0 amide bonds. The van der Waals surface area contributed by atoms with Gasteiger partial charge in [0.15, 0.2) is 8.68 Å². The summed E-state index contributed by atoms with van der Waals surface area (Å²) in [5.74, 6) is 1.28. The molecule has 2 aromatic heterocycles. The Morgan fingerprint density at radius 3 is 2.57 bits per heavy atom. The van der Waals surface area contributed by atoms with Gasteiger partial charge in [-0.25, -0.2) is 0 Å². The lowest BCUT2D eigenvalue weighted by atomic mass is 10.2. The van der Waals surface area contributed by atoms with E-state index in [1.54, 1.807) is 23.9 Å². The van der Waals surface area contributed by atoms with Gasteiger partial charge in [-0.1, -0.05) is 34.9 Å². The number of aromatic nitrogens is 4. The van der Waals surface area contributed by atoms with E-state index in [-0.39, 0.29) is 5.69 Å². The normalized spacial score (nSPS) is 10.8. The lowest BCUT2D eigenvalue weighted by molar-refractivity contribution is -0.384. The van der Waals surface area contributed by atoms with E-state index in [1.165, 1.54) is 35.2 Å². The average Bonchev–Trinajstić information content (AvgIpc) is 3.22. The van der Waals surface area contributed by atoms with Gasteiger partial charge in [0.1, 0.15) is 0 Å². The van der Waals surface area contributed by atoms with Gasteiger partial charge in [0.25, 0.3) is 5.69 Å². The van der Waals surface area contributed by atoms with Crippen LogP contribution in [-0.4, -0.2) is 31.6 Å². The van der Waals surface area contributed by atoms with Gasteiger partial charge in [0.05, 0.1) is 10.7 Å². The molecule has 0 N–H and O–H groups in total. The van der Waals surface area contributed by atoms with Gasteiger partial charge >= 0.3 is 0 Å². The van der Waals surface area contributed by atoms with Crippen LogP contribution >= 0.6 is 34.9 Å². The monoisotopic (exact) mass is 367 g/mol. The number of rotatable bonds is 6. The third-order valence-corrected chi connectivity index (χ3v) is 5.69. The van der Waals surface area contributed by atoms with Crippen molar-refractivity contribution < 1.29 is 9.34 Å². The number of nitrogens with zero attached hydrogens (tertiary/aromatic N) is 5. The van der Waals surface area contributed by atoms with E-state index >= 15 is 0 Å². The molecule has 0 bridgehead atoms. The van der Waals surface area contributed by atoms with Crippen LogP contribution < -0.4 is 0 Å². The Labute approximate surface area is 142 Å². The van der Waals surface area contributed by atoms with Crippen LogP contribution in [0.5, 0.6) is 0 Å². The summed E-state index contributed by atoms with van der Waals surface area (Å²) >= 11 is 4.53. The van der Waals surface area contributed by atoms with E-state index in [2.05, 4.69) is 20.4 Å². The number of thioether (sulfide) groups is 2. The van der Waals surface area contributed by atoms with Crippen molar-refractivity contribution in [2.45, 2.75) is 14.4 Å². The van der Waals surface area contributed by atoms with Crippen molar-refractivity contribution in [3.05, 3.63) is 40.3 Å². The summed E-state index contributed by atoms with van der Waals surface area (Å²) in [6.07, 6.45) is 1.95. The maximum absolute atomic E-state index is 10.6. The highest BCUT2D eigenvalue weighted by Gasteiger charge is 2.12. The summed E-state index contributed by atoms with van der Waals surface area (Å²) in [4.78, 5) is 10.2. The molecule has 0 unspecified atom stereocenters. The largest absolute Gasteiger partial charge is 0.420 e. The van der Waals surface area contributed by atoms with E-state index in [4.69, 9.17) is 4.42 Å². The van der Waals surface area contributed by atoms with Gasteiger partial charge in [-0.05, 0) is 18.4 Å². The second-order valence-electron chi connectivity index (χ2n) is 4.13. The third kappa shape index (κ3) is 3.86. The maximum Gasteiger partial charge on any atom is 0.269 e. The number of hydrogen-bond donors (Lipinski definition) is 0. The smallest absolute Gasteiger partial charge is 0.269 e. The zero-order valence-electron chi connectivity index (χ0n) is 11.7. The van der Waals surface area contributed by atoms with Crippen LogP contribution in [0.3, 0.4) is 0 Å². The molecule has 0 saturated heterocycles. The molecular formula is C12H9N5O3S3. The van der Waals surface area contributed by atoms with Crippen molar-refractivity contribution in [2.24, 2.45) is 0 Å². The molecule has 0 atom stereocenters. The second-order valence-corrected chi connectivity index (χ2v) is 7.38. The van der Waals surface area contributed by atoms with E-state index in [9.17, 15) is 10.1 Å². The Bertz CT molecular complexity index is 817. The minimum atomic E-state index is -0.454. The molecule has 0 radical (unpaired) electrons. The number of nitro benzene ring substituents is 1. The molecule has 3 aromatic rings. The van der Waals surface area contributed by atoms with Crippen molar-refractivity contribution in [1.29, 1.82) is 0 Å². The number of benzene rings is 1. The van der Waals surface area contributed by atoms with Gasteiger partial charge in [-0.15, -0.1) is 20.4 Å². The summed E-state index contributed by atoms with van der Waals surface area (Å²) < 4.78 is 7.31. The Morgan fingerprint density at radius 2 is 1.91 bits per heavy atom. The van der Waals surface area contributed by atoms with Crippen LogP contribution in [0.4, 0.5) is 5.69 Å². The standard InChI is InChI=1S/C12H9N5O3S3/c1-21-11-15-16-12(23-11)22-6-9-13-14-10(20-9)7-2-4-8(5-3-7)17(18)19/h2-5H,6H2,1H3. The van der Waals surface area contributed by atoms with Crippen molar-refractivity contribution in [3.63, 3.8) is 0 Å². The summed E-state index contributed by atoms with van der Waals surface area (Å²) in [6, 6.07) is 5.97. The van der Waals surface area contributed by atoms with E-state index < -0.39 is 4.92 Å². The first kappa shape index (κ1) is 15.9. The minimum Gasteiger partial charge on any atom is -0.420 e. The quantitative estimate of drug-likeness (QED) is 0.367. The van der Waals surface area contributed by atoms with Crippen LogP contribution in [0.2, 0.25) is 0 Å². The summed E-state index contributed by atoms with van der Waals surface area (Å²) in [6.45, 7) is 0. The van der Waals surface area contributed by atoms with Gasteiger partial charge in [0.2, 0.25) is 11.8 Å². The lowest BCUT2D eigenvalue weighted by Crippen LogP contribution is -1.87. The average molecular weight is 367 g/mol. The molecule has 23 heavy (non-hydrogen) atoms. The van der Waals surface area contributed by atoms with Crippen LogP contribution in [0, 0.1) is 10.1 Å². The van der Waals surface area contributed by atoms with Crippen LogP contribution in [0.15, 0.2) is 37.4 Å². The predicted octanol–water partition coefficient (Wildman–Crippen LogP) is 3.51. The van der Waals surface area contributed by atoms with Crippen molar-refractivity contribution >= 4 is 40.5 Å². The van der Waals surface area contributed by atoms with Crippen LogP contribution in [0.1, 0.15) is 5.89 Å². The molecule has 1 aromatic carbocycles. The highest BCUT2D eigenvalue weighted by molar-refractivity contribution is 8.02. The van der Waals surface area contributed by atoms with Gasteiger partial charge in [-0.2, -0.15) is 0 Å². The lowest BCUT2D eigenvalue weighted by Gasteiger charge is -1.94. The molecule has 2 heterocycles. The fourth-order valence-electron chi connectivity index (χ4n) is 1.62. The van der Waals surface area contributed by atoms with Crippen LogP contribution in [0.25, 0.3) is 11.5 Å². The molecule has 0 aliphatic heterocycles. The minimum absolute atomic E-state index is 0.0184. The van der Waals surface area contributed by atoms with E-state index in [0.29, 0.717) is 23.1 Å². The zero-order chi connectivity index (χ0) is 16.2. The summed E-state index contributed by atoms with van der Waals surface area (Å²) in [5, 5.41) is 26.6. The highest BCUT2D eigenvalue weighted by Crippen LogP contribution is 2.30.